The van der Waals surface area contributed by atoms with E-state index in [0.29, 0.717) is 6.42 Å². The van der Waals surface area contributed by atoms with E-state index in [4.69, 9.17) is 37.8 Å². The van der Waals surface area contributed by atoms with Gasteiger partial charge in [0.15, 0.2) is 17.3 Å². The normalized spacial score (nSPS) is 15.8. The Kier molecular flexibility index (Phi) is 8.07. The Balaban J connectivity index is 4.93. The number of carboxylic acids is 1. The molecule has 0 saturated heterocycles. The van der Waals surface area contributed by atoms with Crippen molar-refractivity contribution in [3.63, 3.8) is 0 Å². The Morgan fingerprint density at radius 3 is 2.30 bits per heavy atom. The van der Waals surface area contributed by atoms with E-state index in [0.717, 1.165) is 12.2 Å². The summed E-state index contributed by atoms with van der Waals surface area (Å²) in [5.41, 5.74) is 18.9. The van der Waals surface area contributed by atoms with Crippen LogP contribution in [0.5, 0.6) is 0 Å². The van der Waals surface area contributed by atoms with Gasteiger partial charge in [0, 0.05) is 6.54 Å². The molecule has 0 aliphatic heterocycles. The number of carbonyl (C=O) groups excluding carboxylic acids is 1. The van der Waals surface area contributed by atoms with Crippen molar-refractivity contribution in [2.45, 2.75) is 24.4 Å². The highest BCUT2D eigenvalue weighted by Gasteiger charge is 2.42. The molecule has 132 valence electrons. The maximum absolute atomic E-state index is 12.1. The fourth-order valence-corrected chi connectivity index (χ4v) is 1.97. The molecule has 2 atom stereocenters. The van der Waals surface area contributed by atoms with Crippen LogP contribution in [0.25, 0.3) is 0 Å². The molecule has 0 aliphatic carbocycles. The molecule has 11 N–H and O–H groups in total. The molecule has 0 aromatic rings. The van der Waals surface area contributed by atoms with Gasteiger partial charge in [-0.25, -0.2) is 4.79 Å². The summed E-state index contributed by atoms with van der Waals surface area (Å²) in [4.78, 5) is 44.5. The first-order valence-electron chi connectivity index (χ1n) is 6.50. The fraction of sp³-hybridized carbons (Fsp3) is 0.545. The number of guanidine groups is 1. The molecule has 0 rings (SSSR count). The van der Waals surface area contributed by atoms with Crippen LogP contribution >= 0.6 is 7.60 Å². The molecule has 0 aliphatic rings. The van der Waals surface area contributed by atoms with E-state index in [1.54, 1.807) is 0 Å². The minimum Gasteiger partial charge on any atom is -0.479 e. The van der Waals surface area contributed by atoms with Crippen molar-refractivity contribution in [3.05, 3.63) is 12.2 Å². The molecule has 0 heterocycles. The minimum absolute atomic E-state index is 0.0914. The lowest BCUT2D eigenvalue weighted by molar-refractivity contribution is -0.146. The molecule has 2 unspecified atom stereocenters. The second-order valence-electron chi connectivity index (χ2n) is 4.84. The first kappa shape index (κ1) is 21.2. The third kappa shape index (κ3) is 7.86. The zero-order chi connectivity index (χ0) is 18.3. The summed E-state index contributed by atoms with van der Waals surface area (Å²) >= 11 is 0. The van der Waals surface area contributed by atoms with Crippen molar-refractivity contribution in [1.29, 1.82) is 0 Å². The zero-order valence-corrected chi connectivity index (χ0v) is 13.2. The Hall–Kier alpha value is -1.78. The van der Waals surface area contributed by atoms with E-state index in [-0.39, 0.29) is 18.9 Å². The SMILES string of the molecule is NC(N)=NCCCC(N)C(=O)C(N)(/C=C/CP(=O)(O)O)C(=O)O. The number of hydrogen-bond donors (Lipinski definition) is 7. The van der Waals surface area contributed by atoms with E-state index in [1.165, 1.54) is 0 Å². The van der Waals surface area contributed by atoms with Gasteiger partial charge in [-0.3, -0.25) is 14.4 Å². The van der Waals surface area contributed by atoms with Crippen molar-refractivity contribution < 1.29 is 29.0 Å². The molecule has 0 aromatic heterocycles. The highest BCUT2D eigenvalue weighted by Crippen LogP contribution is 2.34. The first-order chi connectivity index (χ1) is 10.4. The third-order valence-electron chi connectivity index (χ3n) is 2.79. The summed E-state index contributed by atoms with van der Waals surface area (Å²) in [5, 5.41) is 9.12. The van der Waals surface area contributed by atoms with Crippen LogP contribution in [-0.2, 0) is 14.2 Å². The van der Waals surface area contributed by atoms with Gasteiger partial charge in [-0.05, 0) is 18.9 Å². The monoisotopic (exact) mass is 351 g/mol. The number of Topliss-reactive ketones (excluding diaryl/α,β-unsaturated/α-hetero) is 1. The number of allylic oxidation sites excluding steroid dienone is 1. The van der Waals surface area contributed by atoms with E-state index < -0.39 is 37.1 Å². The van der Waals surface area contributed by atoms with Crippen LogP contribution in [0.1, 0.15) is 12.8 Å². The number of ketones is 1. The van der Waals surface area contributed by atoms with Crippen LogP contribution in [0.2, 0.25) is 0 Å². The Morgan fingerprint density at radius 1 is 1.30 bits per heavy atom. The van der Waals surface area contributed by atoms with Gasteiger partial charge in [0.05, 0.1) is 12.2 Å². The number of aliphatic imine (C=N–C) groups is 1. The maximum Gasteiger partial charge on any atom is 0.335 e. The van der Waals surface area contributed by atoms with Crippen molar-refractivity contribution in [3.8, 4) is 0 Å². The number of nitrogens with zero attached hydrogens (tertiary/aromatic N) is 1. The van der Waals surface area contributed by atoms with Crippen LogP contribution in [0.15, 0.2) is 17.1 Å². The van der Waals surface area contributed by atoms with Gasteiger partial charge in [0.25, 0.3) is 0 Å². The smallest absolute Gasteiger partial charge is 0.335 e. The van der Waals surface area contributed by atoms with Gasteiger partial charge in [-0.1, -0.05) is 6.08 Å². The summed E-state index contributed by atoms with van der Waals surface area (Å²) in [6.45, 7) is 0.210. The summed E-state index contributed by atoms with van der Waals surface area (Å²) in [7, 11) is -4.38. The van der Waals surface area contributed by atoms with Gasteiger partial charge in [-0.2, -0.15) is 0 Å². The van der Waals surface area contributed by atoms with Crippen LogP contribution in [0.4, 0.5) is 0 Å². The number of hydrogen-bond acceptors (Lipinski definition) is 6. The van der Waals surface area contributed by atoms with Crippen LogP contribution in [-0.4, -0.2) is 56.9 Å². The molecule has 0 saturated carbocycles. The number of nitrogens with two attached hydrogens (primary N) is 4. The number of carbonyl (C=O) groups is 2. The highest BCUT2D eigenvalue weighted by atomic mass is 31.2. The standard InChI is InChI=1S/C11H22N5O6P/c12-7(3-1-5-16-10(13)14)8(17)11(15,9(18)19)4-2-6-23(20,21)22/h2,4,7H,1,3,5-6,12,15H2,(H,18,19)(H4,13,14,16)(H2,20,21,22)/b4-2+. The van der Waals surface area contributed by atoms with Crippen molar-refractivity contribution in [2.75, 3.05) is 12.7 Å². The summed E-state index contributed by atoms with van der Waals surface area (Å²) < 4.78 is 10.7. The van der Waals surface area contributed by atoms with Gasteiger partial charge in [-0.15, -0.1) is 0 Å². The average Bonchev–Trinajstić information content (AvgIpc) is 2.40. The minimum atomic E-state index is -4.38. The van der Waals surface area contributed by atoms with Crippen molar-refractivity contribution in [1.82, 2.24) is 0 Å². The quantitative estimate of drug-likeness (QED) is 0.0544. The fourth-order valence-electron chi connectivity index (χ4n) is 1.59. The molecular formula is C11H22N5O6P. The van der Waals surface area contributed by atoms with Gasteiger partial charge < -0.3 is 37.8 Å². The Morgan fingerprint density at radius 2 is 1.87 bits per heavy atom. The first-order valence-corrected chi connectivity index (χ1v) is 8.29. The third-order valence-corrected chi connectivity index (χ3v) is 3.48. The second-order valence-corrected chi connectivity index (χ2v) is 6.54. The lowest BCUT2D eigenvalue weighted by Crippen LogP contribution is -2.59. The molecule has 23 heavy (non-hydrogen) atoms. The molecule has 0 fully saturated rings. The Bertz CT molecular complexity index is 541. The molecule has 12 heteroatoms. The average molecular weight is 351 g/mol. The number of aliphatic carboxylic acids is 1. The van der Waals surface area contributed by atoms with E-state index in [2.05, 4.69) is 4.99 Å². The predicted octanol–water partition coefficient (Wildman–Crippen LogP) is -2.55. The molecule has 0 aromatic carbocycles. The van der Waals surface area contributed by atoms with Crippen molar-refractivity contribution in [2.24, 2.45) is 27.9 Å². The molecule has 11 nitrogen and oxygen atoms in total. The Labute approximate surface area is 132 Å². The topological polar surface area (TPSA) is 228 Å². The number of rotatable bonds is 10. The molecular weight excluding hydrogens is 329 g/mol. The predicted molar refractivity (Wildman–Crippen MR) is 83.5 cm³/mol. The molecule has 0 spiro atoms. The summed E-state index contributed by atoms with van der Waals surface area (Å²) in [6.07, 6.45) is 1.25. The van der Waals surface area contributed by atoms with Gasteiger partial charge >= 0.3 is 13.6 Å². The van der Waals surface area contributed by atoms with E-state index in [1.807, 2.05) is 0 Å². The summed E-state index contributed by atoms with van der Waals surface area (Å²) in [5.74, 6) is -2.79. The molecule has 0 bridgehead atoms. The van der Waals surface area contributed by atoms with Crippen LogP contribution in [0, 0.1) is 0 Å². The zero-order valence-electron chi connectivity index (χ0n) is 12.3. The van der Waals surface area contributed by atoms with Crippen molar-refractivity contribution >= 4 is 25.3 Å². The van der Waals surface area contributed by atoms with Crippen LogP contribution in [0.3, 0.4) is 0 Å². The lowest BCUT2D eigenvalue weighted by atomic mass is 9.88. The lowest BCUT2D eigenvalue weighted by Gasteiger charge is -2.23. The van der Waals surface area contributed by atoms with E-state index in [9.17, 15) is 14.2 Å². The largest absolute Gasteiger partial charge is 0.479 e. The molecule has 0 radical (unpaired) electrons. The maximum atomic E-state index is 12.1. The number of carboxylic acid groups (broad SMARTS) is 1. The molecule has 0 amide bonds. The second kappa shape index (κ2) is 8.75. The van der Waals surface area contributed by atoms with Gasteiger partial charge in [0.1, 0.15) is 0 Å². The summed E-state index contributed by atoms with van der Waals surface area (Å²) in [6, 6.07) is -1.19. The van der Waals surface area contributed by atoms with E-state index >= 15 is 0 Å². The van der Waals surface area contributed by atoms with Gasteiger partial charge in [0.2, 0.25) is 0 Å². The highest BCUT2D eigenvalue weighted by molar-refractivity contribution is 7.51. The van der Waals surface area contributed by atoms with Crippen LogP contribution < -0.4 is 22.9 Å².